The number of azo groups is 3. The van der Waals surface area contributed by atoms with Crippen LogP contribution in [0.1, 0.15) is 29.5 Å². The van der Waals surface area contributed by atoms with E-state index in [2.05, 4.69) is 46.7 Å². The standard InChI is InChI=1S/C45H40N10O19S7/c1-22-15-31(52-50-29-19-34(74-11-7-13-77(57,58)59)30(18-33(29)72-3)51-53-38-23(2)26(21-46)43-47-27-9-5-6-10-32(27)55(43)44(38)56)35(75-12-8-14-78(60,61)62)20-28(22)49-54-45-48-39-40(73-4)42(81(69,70)71)25-16-24(79(63,64)65)17-36(80(66,67)68)37(25)41(39)76-45/h5-6,9-10,15-20,56H,7-8,11-14H2,1-4H3,(H,57,58,59)(H,60,61,62)(H,63,64,65)(H,66,67,68)(H,69,70,71). The van der Waals surface area contributed by atoms with Crippen LogP contribution in [0, 0.1) is 25.2 Å². The Kier molecular flexibility index (Phi) is 16.8. The maximum atomic E-state index is 12.8. The summed E-state index contributed by atoms with van der Waals surface area (Å²) in [6.07, 6.45) is -0.247. The van der Waals surface area contributed by atoms with Gasteiger partial charge in [0.2, 0.25) is 11.0 Å². The molecule has 8 aromatic rings. The number of imidazole rings is 1. The Bertz CT molecular complexity index is 4660. The molecule has 0 bridgehead atoms. The van der Waals surface area contributed by atoms with Gasteiger partial charge in [-0.1, -0.05) is 23.5 Å². The highest BCUT2D eigenvalue weighted by molar-refractivity contribution is 7.99. The third kappa shape index (κ3) is 13.0. The molecule has 0 saturated carbocycles. The van der Waals surface area contributed by atoms with E-state index in [1.165, 1.54) is 42.7 Å². The first kappa shape index (κ1) is 59.7. The molecule has 0 saturated heterocycles. The number of fused-ring (bicyclic) bond motifs is 6. The maximum Gasteiger partial charge on any atom is 0.298 e. The van der Waals surface area contributed by atoms with E-state index in [1.54, 1.807) is 31.2 Å². The molecule has 0 atom stereocenters. The predicted octanol–water partition coefficient (Wildman–Crippen LogP) is 9.47. The summed E-state index contributed by atoms with van der Waals surface area (Å²) >= 11 is 1.61. The van der Waals surface area contributed by atoms with Crippen molar-refractivity contribution in [3.05, 3.63) is 77.4 Å². The smallest absolute Gasteiger partial charge is 0.298 e. The molecule has 5 aromatic carbocycles. The number of aromatic hydroxyl groups is 1. The summed E-state index contributed by atoms with van der Waals surface area (Å²) in [4.78, 5) is 5.50. The van der Waals surface area contributed by atoms with E-state index in [0.29, 0.717) is 40.1 Å². The van der Waals surface area contributed by atoms with Crippen LogP contribution in [-0.4, -0.2) is 122 Å². The molecule has 36 heteroatoms. The minimum atomic E-state index is -5.43. The second-order valence-electron chi connectivity index (χ2n) is 17.0. The molecule has 0 aliphatic rings. The molecule has 0 unspecified atom stereocenters. The summed E-state index contributed by atoms with van der Waals surface area (Å²) in [6.45, 7) is 2.82. The molecule has 6 N–H and O–H groups in total. The average molecular weight is 1250 g/mol. The van der Waals surface area contributed by atoms with Crippen LogP contribution in [0.4, 0.5) is 33.6 Å². The van der Waals surface area contributed by atoms with E-state index in [0.717, 1.165) is 18.9 Å². The summed E-state index contributed by atoms with van der Waals surface area (Å²) < 4.78 is 189. The van der Waals surface area contributed by atoms with E-state index in [-0.39, 0.29) is 96.6 Å². The van der Waals surface area contributed by atoms with E-state index in [4.69, 9.17) is 14.2 Å². The largest absolute Gasteiger partial charge is 0.494 e. The fraction of sp³-hybridized carbons (Fsp3) is 0.222. The number of aryl methyl sites for hydroxylation is 1. The topological polar surface area (TPSA) is 448 Å². The summed E-state index contributed by atoms with van der Waals surface area (Å²) in [6, 6.07) is 15.4. The Morgan fingerprint density at radius 3 is 2.00 bits per heavy atom. The lowest BCUT2D eigenvalue weighted by Gasteiger charge is -2.14. The summed E-state index contributed by atoms with van der Waals surface area (Å²) in [5.74, 6) is -2.38. The highest BCUT2D eigenvalue weighted by Crippen LogP contribution is 2.49. The van der Waals surface area contributed by atoms with Crippen molar-refractivity contribution in [2.45, 2.75) is 46.3 Å². The molecule has 426 valence electrons. The van der Waals surface area contributed by atoms with Gasteiger partial charge in [0.15, 0.2) is 17.1 Å². The Labute approximate surface area is 467 Å². The predicted molar refractivity (Wildman–Crippen MR) is 292 cm³/mol. The number of hydrogen-bond donors (Lipinski definition) is 6. The molecule has 0 spiro atoms. The molecule has 0 aliphatic carbocycles. The molecular formula is C45H40N10O19S7. The van der Waals surface area contributed by atoms with Crippen molar-refractivity contribution in [2.75, 3.05) is 38.1 Å². The van der Waals surface area contributed by atoms with Gasteiger partial charge in [-0.05, 0) is 74.4 Å². The van der Waals surface area contributed by atoms with Crippen LogP contribution >= 0.6 is 23.1 Å². The van der Waals surface area contributed by atoms with Crippen LogP contribution < -0.4 is 14.2 Å². The lowest BCUT2D eigenvalue weighted by atomic mass is 10.1. The minimum absolute atomic E-state index is 0.00984. The van der Waals surface area contributed by atoms with Gasteiger partial charge in [-0.25, -0.2) is 9.97 Å². The van der Waals surface area contributed by atoms with Crippen molar-refractivity contribution in [1.82, 2.24) is 14.4 Å². The Hall–Kier alpha value is -7.41. The van der Waals surface area contributed by atoms with Crippen molar-refractivity contribution < 1.29 is 84.2 Å². The number of methoxy groups -OCH3 is 2. The summed E-state index contributed by atoms with van der Waals surface area (Å²) in [5.41, 5.74) is 1.45. The van der Waals surface area contributed by atoms with E-state index in [9.17, 15) is 75.2 Å². The summed E-state index contributed by atoms with van der Waals surface area (Å²) in [7, 11) is -22.6. The van der Waals surface area contributed by atoms with E-state index < -0.39 is 105 Å². The average Bonchev–Trinajstić information content (AvgIpc) is 4.12. The molecule has 0 amide bonds. The highest BCUT2D eigenvalue weighted by Gasteiger charge is 2.32. The van der Waals surface area contributed by atoms with Gasteiger partial charge in [-0.2, -0.15) is 47.4 Å². The third-order valence-electron chi connectivity index (χ3n) is 11.6. The first-order valence-corrected chi connectivity index (χ1v) is 32.0. The van der Waals surface area contributed by atoms with Crippen molar-refractivity contribution in [3.63, 3.8) is 0 Å². The Balaban J connectivity index is 1.22. The van der Waals surface area contributed by atoms with Crippen molar-refractivity contribution in [2.24, 2.45) is 30.7 Å². The van der Waals surface area contributed by atoms with Crippen LogP contribution in [0.2, 0.25) is 0 Å². The normalized spacial score (nSPS) is 13.0. The number of thioether (sulfide) groups is 1. The molecule has 8 rings (SSSR count). The zero-order valence-electron chi connectivity index (χ0n) is 41.8. The second-order valence-corrected chi connectivity index (χ2v) is 26.5. The number of thiazole rings is 1. The molecule has 0 aliphatic heterocycles. The quantitative estimate of drug-likeness (QED) is 0.0169. The van der Waals surface area contributed by atoms with Gasteiger partial charge in [-0.15, -0.1) is 42.4 Å². The first-order chi connectivity index (χ1) is 37.9. The van der Waals surface area contributed by atoms with Gasteiger partial charge in [0.05, 0.1) is 64.3 Å². The number of para-hydroxylation sites is 2. The van der Waals surface area contributed by atoms with E-state index >= 15 is 0 Å². The molecule has 3 aromatic heterocycles. The molecule has 3 heterocycles. The number of nitriles is 1. The van der Waals surface area contributed by atoms with Gasteiger partial charge in [0, 0.05) is 33.4 Å². The van der Waals surface area contributed by atoms with Crippen LogP contribution in [0.5, 0.6) is 23.1 Å². The number of aromatic nitrogens is 3. The van der Waals surface area contributed by atoms with Gasteiger partial charge in [0.1, 0.15) is 49.8 Å². The van der Waals surface area contributed by atoms with E-state index in [1.807, 2.05) is 0 Å². The number of nitrogens with zero attached hydrogens (tertiary/aromatic N) is 10. The van der Waals surface area contributed by atoms with Gasteiger partial charge in [-0.3, -0.25) is 27.2 Å². The lowest BCUT2D eigenvalue weighted by Crippen LogP contribution is -2.08. The number of hydrogen-bond acceptors (Lipinski definition) is 25. The van der Waals surface area contributed by atoms with Crippen LogP contribution in [-0.2, 0) is 50.6 Å². The molecular weight excluding hydrogens is 1210 g/mol. The first-order valence-electron chi connectivity index (χ1n) is 22.6. The fourth-order valence-electron chi connectivity index (χ4n) is 8.02. The van der Waals surface area contributed by atoms with Gasteiger partial charge >= 0.3 is 0 Å². The van der Waals surface area contributed by atoms with Crippen molar-refractivity contribution in [3.8, 4) is 29.2 Å². The molecule has 29 nitrogen and oxygen atoms in total. The fourth-order valence-corrected chi connectivity index (χ4v) is 13.4. The minimum Gasteiger partial charge on any atom is -0.494 e. The maximum absolute atomic E-state index is 12.8. The SMILES string of the molecule is COc1cc(N=Nc2c(C)c(C#N)c3nc4ccccc4n3c2O)c(OCCCS(=O)(=O)O)cc1N=Nc1cc(C)c(N=Nc2nc3c(OC)c(S(=O)(=O)O)c4cc(S(=O)(=O)O)cc(S(=O)(=O)O)c4c3s2)cc1SCCCS(=O)(=O)O. The number of benzene rings is 5. The van der Waals surface area contributed by atoms with Crippen LogP contribution in [0.3, 0.4) is 0 Å². The number of pyridine rings is 1. The second kappa shape index (κ2) is 22.9. The zero-order chi connectivity index (χ0) is 59.1. The van der Waals surface area contributed by atoms with Crippen molar-refractivity contribution >= 4 is 145 Å². The molecule has 0 fully saturated rings. The zero-order valence-corrected chi connectivity index (χ0v) is 47.6. The Morgan fingerprint density at radius 2 is 1.36 bits per heavy atom. The monoisotopic (exact) mass is 1250 g/mol. The summed E-state index contributed by atoms with van der Waals surface area (Å²) in [5, 5.41) is 45.8. The van der Waals surface area contributed by atoms with Crippen molar-refractivity contribution in [1.29, 1.82) is 5.26 Å². The molecule has 81 heavy (non-hydrogen) atoms. The molecule has 0 radical (unpaired) electrons. The third-order valence-corrected chi connectivity index (χ3v) is 17.9. The number of ether oxygens (including phenoxy) is 3. The Morgan fingerprint density at radius 1 is 0.716 bits per heavy atom. The number of rotatable bonds is 21. The highest BCUT2D eigenvalue weighted by atomic mass is 32.2. The van der Waals surface area contributed by atoms with Crippen LogP contribution in [0.15, 0.2) is 111 Å². The van der Waals surface area contributed by atoms with Gasteiger partial charge < -0.3 is 19.3 Å². The van der Waals surface area contributed by atoms with Gasteiger partial charge in [0.25, 0.3) is 50.6 Å². The van der Waals surface area contributed by atoms with Crippen LogP contribution in [0.25, 0.3) is 37.7 Å². The lowest BCUT2D eigenvalue weighted by molar-refractivity contribution is 0.316.